The zero-order valence-corrected chi connectivity index (χ0v) is 8.61. The first-order chi connectivity index (χ1) is 6.77. The van der Waals surface area contributed by atoms with Crippen LogP contribution in [0.1, 0.15) is 0 Å². The number of nitrogens with zero attached hydrogens (tertiary/aromatic N) is 2. The van der Waals surface area contributed by atoms with Crippen molar-refractivity contribution in [3.63, 3.8) is 0 Å². The van der Waals surface area contributed by atoms with Crippen LogP contribution < -0.4 is 4.90 Å². The van der Waals surface area contributed by atoms with Crippen LogP contribution in [-0.2, 0) is 0 Å². The third-order valence-electron chi connectivity index (χ3n) is 3.38. The summed E-state index contributed by atoms with van der Waals surface area (Å²) in [7, 11) is 2.20. The summed E-state index contributed by atoms with van der Waals surface area (Å²) in [5.41, 5.74) is 2.03. The minimum Gasteiger partial charge on any atom is -0.370 e. The zero-order chi connectivity index (χ0) is 9.60. The molecule has 2 nitrogen and oxygen atoms in total. The van der Waals surface area contributed by atoms with E-state index in [1.165, 1.54) is 31.9 Å². The van der Waals surface area contributed by atoms with Crippen LogP contribution in [-0.4, -0.2) is 38.1 Å². The molecule has 3 rings (SSSR count). The molecule has 74 valence electrons. The molecule has 0 bridgehead atoms. The molecule has 2 heterocycles. The fraction of sp³-hybridized carbons (Fsp3) is 0.500. The van der Waals surface area contributed by atoms with Gasteiger partial charge in [-0.2, -0.15) is 0 Å². The van der Waals surface area contributed by atoms with E-state index in [1.54, 1.807) is 0 Å². The molecule has 0 unspecified atom stereocenters. The molecular weight excluding hydrogens is 172 g/mol. The summed E-state index contributed by atoms with van der Waals surface area (Å²) in [5.74, 6) is 0. The van der Waals surface area contributed by atoms with Crippen molar-refractivity contribution in [3.05, 3.63) is 30.3 Å². The van der Waals surface area contributed by atoms with E-state index < -0.39 is 0 Å². The topological polar surface area (TPSA) is 6.48 Å². The Kier molecular flexibility index (Phi) is 1.62. The first kappa shape index (κ1) is 8.30. The van der Waals surface area contributed by atoms with Crippen molar-refractivity contribution in [1.82, 2.24) is 4.90 Å². The van der Waals surface area contributed by atoms with E-state index in [2.05, 4.69) is 47.2 Å². The second-order valence-corrected chi connectivity index (χ2v) is 4.86. The van der Waals surface area contributed by atoms with Crippen molar-refractivity contribution in [2.24, 2.45) is 5.41 Å². The highest BCUT2D eigenvalue weighted by atomic mass is 15.3. The Bertz CT molecular complexity index is 319. The first-order valence-corrected chi connectivity index (χ1v) is 5.26. The van der Waals surface area contributed by atoms with Crippen LogP contribution in [0.3, 0.4) is 0 Å². The Labute approximate surface area is 85.1 Å². The highest BCUT2D eigenvalue weighted by molar-refractivity contribution is 5.50. The van der Waals surface area contributed by atoms with E-state index in [1.807, 2.05) is 0 Å². The van der Waals surface area contributed by atoms with E-state index in [0.717, 1.165) is 0 Å². The second-order valence-electron chi connectivity index (χ2n) is 4.86. The molecule has 0 aliphatic carbocycles. The number of hydrogen-bond acceptors (Lipinski definition) is 2. The largest absolute Gasteiger partial charge is 0.370 e. The van der Waals surface area contributed by atoms with Crippen LogP contribution in [0.5, 0.6) is 0 Å². The van der Waals surface area contributed by atoms with E-state index in [4.69, 9.17) is 0 Å². The summed E-state index contributed by atoms with van der Waals surface area (Å²) in [6.45, 7) is 5.08. The fourth-order valence-electron chi connectivity index (χ4n) is 2.88. The second kappa shape index (κ2) is 2.74. The standard InChI is InChI=1S/C12H16N2/c1-13-7-12(8-13)9-14(10-12)11-5-3-2-4-6-11/h2-6H,7-10H2,1H3. The molecule has 2 aliphatic heterocycles. The van der Waals surface area contributed by atoms with Crippen molar-refractivity contribution < 1.29 is 0 Å². The average Bonchev–Trinajstić information content (AvgIpc) is 2.10. The van der Waals surface area contributed by atoms with Crippen LogP contribution in [0.4, 0.5) is 5.69 Å². The Morgan fingerprint density at radius 3 is 2.21 bits per heavy atom. The number of para-hydroxylation sites is 1. The van der Waals surface area contributed by atoms with Gasteiger partial charge in [0.1, 0.15) is 0 Å². The Morgan fingerprint density at radius 1 is 1.00 bits per heavy atom. The van der Waals surface area contributed by atoms with Crippen LogP contribution in [0.15, 0.2) is 30.3 Å². The molecule has 2 saturated heterocycles. The van der Waals surface area contributed by atoms with Gasteiger partial charge in [-0.05, 0) is 19.2 Å². The number of hydrogen-bond donors (Lipinski definition) is 0. The van der Waals surface area contributed by atoms with Crippen LogP contribution in [0, 0.1) is 5.41 Å². The smallest absolute Gasteiger partial charge is 0.0366 e. The van der Waals surface area contributed by atoms with Crippen LogP contribution in [0.2, 0.25) is 0 Å². The highest BCUT2D eigenvalue weighted by Crippen LogP contribution is 2.40. The van der Waals surface area contributed by atoms with Gasteiger partial charge in [0.15, 0.2) is 0 Å². The molecule has 1 spiro atoms. The summed E-state index contributed by atoms with van der Waals surface area (Å²) in [5, 5.41) is 0. The van der Waals surface area contributed by atoms with Gasteiger partial charge < -0.3 is 9.80 Å². The van der Waals surface area contributed by atoms with Crippen molar-refractivity contribution >= 4 is 5.69 Å². The van der Waals surface area contributed by atoms with Crippen molar-refractivity contribution in [2.45, 2.75) is 0 Å². The van der Waals surface area contributed by atoms with Gasteiger partial charge in [0.2, 0.25) is 0 Å². The molecule has 2 heteroatoms. The zero-order valence-electron chi connectivity index (χ0n) is 8.61. The minimum absolute atomic E-state index is 0.643. The highest BCUT2D eigenvalue weighted by Gasteiger charge is 2.50. The molecule has 0 N–H and O–H groups in total. The van der Waals surface area contributed by atoms with Gasteiger partial charge in [-0.1, -0.05) is 18.2 Å². The Balaban J connectivity index is 1.65. The molecular formula is C12H16N2. The van der Waals surface area contributed by atoms with E-state index in [0.29, 0.717) is 5.41 Å². The van der Waals surface area contributed by atoms with E-state index >= 15 is 0 Å². The lowest BCUT2D eigenvalue weighted by molar-refractivity contribution is -0.00238. The first-order valence-electron chi connectivity index (χ1n) is 5.26. The number of benzene rings is 1. The maximum absolute atomic E-state index is 2.48. The fourth-order valence-corrected chi connectivity index (χ4v) is 2.88. The quantitative estimate of drug-likeness (QED) is 0.658. The molecule has 0 radical (unpaired) electrons. The van der Waals surface area contributed by atoms with Gasteiger partial charge >= 0.3 is 0 Å². The van der Waals surface area contributed by atoms with Gasteiger partial charge in [-0.25, -0.2) is 0 Å². The lowest BCUT2D eigenvalue weighted by Gasteiger charge is -2.60. The predicted molar refractivity (Wildman–Crippen MR) is 58.6 cm³/mol. The van der Waals surface area contributed by atoms with Crippen molar-refractivity contribution in [1.29, 1.82) is 0 Å². The average molecular weight is 188 g/mol. The van der Waals surface area contributed by atoms with Gasteiger partial charge in [0.05, 0.1) is 0 Å². The molecule has 0 aromatic heterocycles. The van der Waals surface area contributed by atoms with Gasteiger partial charge in [-0.15, -0.1) is 0 Å². The SMILES string of the molecule is CN1CC2(C1)CN(c1ccccc1)C2. The van der Waals surface area contributed by atoms with Crippen molar-refractivity contribution in [2.75, 3.05) is 38.1 Å². The Morgan fingerprint density at radius 2 is 1.64 bits per heavy atom. The third kappa shape index (κ3) is 1.14. The number of rotatable bonds is 1. The maximum atomic E-state index is 2.48. The van der Waals surface area contributed by atoms with Gasteiger partial charge in [0.25, 0.3) is 0 Å². The number of anilines is 1. The Hall–Kier alpha value is -1.02. The number of likely N-dealkylation sites (tertiary alicyclic amines) is 1. The molecule has 1 aromatic carbocycles. The van der Waals surface area contributed by atoms with E-state index in [-0.39, 0.29) is 0 Å². The van der Waals surface area contributed by atoms with Gasteiger partial charge in [-0.3, -0.25) is 0 Å². The monoisotopic (exact) mass is 188 g/mol. The maximum Gasteiger partial charge on any atom is 0.0366 e. The molecule has 1 aromatic rings. The summed E-state index contributed by atoms with van der Waals surface area (Å²) >= 11 is 0. The van der Waals surface area contributed by atoms with Crippen molar-refractivity contribution in [3.8, 4) is 0 Å². The van der Waals surface area contributed by atoms with E-state index in [9.17, 15) is 0 Å². The molecule has 0 saturated carbocycles. The molecule has 2 aliphatic rings. The predicted octanol–water partition coefficient (Wildman–Crippen LogP) is 1.44. The molecule has 0 atom stereocenters. The summed E-state index contributed by atoms with van der Waals surface area (Å²) in [6.07, 6.45) is 0. The van der Waals surface area contributed by atoms with Gasteiger partial charge in [0, 0.05) is 37.3 Å². The lowest BCUT2D eigenvalue weighted by atomic mass is 9.73. The molecule has 14 heavy (non-hydrogen) atoms. The summed E-state index contributed by atoms with van der Waals surface area (Å²) < 4.78 is 0. The van der Waals surface area contributed by atoms with Crippen LogP contribution >= 0.6 is 0 Å². The van der Waals surface area contributed by atoms with Crippen LogP contribution in [0.25, 0.3) is 0 Å². The molecule has 0 amide bonds. The third-order valence-corrected chi connectivity index (χ3v) is 3.38. The summed E-state index contributed by atoms with van der Waals surface area (Å²) in [4.78, 5) is 4.88. The summed E-state index contributed by atoms with van der Waals surface area (Å²) in [6, 6.07) is 10.7. The lowest BCUT2D eigenvalue weighted by Crippen LogP contribution is -2.71. The molecule has 2 fully saturated rings. The normalized spacial score (nSPS) is 24.5. The minimum atomic E-state index is 0.643.